The molecular weight excluding hydrogens is 324 g/mol. The number of benzene rings is 1. The summed E-state index contributed by atoms with van der Waals surface area (Å²) < 4.78 is 5.26. The van der Waals surface area contributed by atoms with E-state index in [1.54, 1.807) is 6.07 Å². The van der Waals surface area contributed by atoms with E-state index >= 15 is 0 Å². The number of hydrogen-bond donors (Lipinski definition) is 1. The highest BCUT2D eigenvalue weighted by Gasteiger charge is 2.34. The van der Waals surface area contributed by atoms with E-state index in [1.165, 1.54) is 23.3 Å². The van der Waals surface area contributed by atoms with E-state index in [0.717, 1.165) is 16.0 Å². The van der Waals surface area contributed by atoms with Crippen LogP contribution in [0.2, 0.25) is 0 Å². The minimum atomic E-state index is -0.736. The number of nitriles is 1. The Morgan fingerprint density at radius 2 is 2.21 bits per heavy atom. The molecule has 1 aromatic heterocycles. The summed E-state index contributed by atoms with van der Waals surface area (Å²) in [4.78, 5) is 18.4. The summed E-state index contributed by atoms with van der Waals surface area (Å²) in [6.07, 6.45) is -0.515. The number of nitrogens with two attached hydrogens (primary N) is 1. The summed E-state index contributed by atoms with van der Waals surface area (Å²) in [5.41, 5.74) is 7.71. The molecule has 0 fully saturated rings. The topological polar surface area (TPSA) is 91.7 Å². The van der Waals surface area contributed by atoms with Crippen molar-refractivity contribution in [1.29, 1.82) is 5.26 Å². The van der Waals surface area contributed by atoms with Crippen molar-refractivity contribution in [3.8, 4) is 17.2 Å². The number of nitrogens with zero attached hydrogens (tertiary/aromatic N) is 3. The van der Waals surface area contributed by atoms with Gasteiger partial charge < -0.3 is 10.5 Å². The molecule has 0 radical (unpaired) electrons. The van der Waals surface area contributed by atoms with Gasteiger partial charge in [0.15, 0.2) is 0 Å². The maximum Gasteiger partial charge on any atom is 0.416 e. The van der Waals surface area contributed by atoms with Crippen LogP contribution in [-0.4, -0.2) is 30.6 Å². The Labute approximate surface area is 143 Å². The van der Waals surface area contributed by atoms with E-state index in [0.29, 0.717) is 5.56 Å². The van der Waals surface area contributed by atoms with Crippen LogP contribution in [0, 0.1) is 11.3 Å². The Kier molecular flexibility index (Phi) is 3.99. The standard InChI is InChI=1S/C17H16N4O2S/c1-17(10-23-16(22)21(2)15(19)20-17)14-7-13(9-24-14)12-5-3-4-11(6-12)8-18/h3-7,9H,10H2,1-2H3,(H2,19,20). The number of carbonyl (C=O) groups excluding carboxylic acids is 1. The van der Waals surface area contributed by atoms with Crippen LogP contribution in [0.3, 0.4) is 0 Å². The number of guanidine groups is 1. The normalized spacial score (nSPS) is 20.8. The van der Waals surface area contributed by atoms with Crippen molar-refractivity contribution in [2.45, 2.75) is 12.5 Å². The molecular formula is C17H16N4O2S. The van der Waals surface area contributed by atoms with Gasteiger partial charge in [0.05, 0.1) is 11.6 Å². The number of hydrogen-bond acceptors (Lipinski definition) is 6. The Morgan fingerprint density at radius 3 is 2.96 bits per heavy atom. The zero-order valence-electron chi connectivity index (χ0n) is 13.3. The highest BCUT2D eigenvalue weighted by atomic mass is 32.1. The lowest BCUT2D eigenvalue weighted by Crippen LogP contribution is -2.37. The molecule has 2 heterocycles. The van der Waals surface area contributed by atoms with Crippen molar-refractivity contribution in [2.75, 3.05) is 13.7 Å². The van der Waals surface area contributed by atoms with Crippen LogP contribution in [0.4, 0.5) is 4.79 Å². The van der Waals surface area contributed by atoms with Gasteiger partial charge in [0.2, 0.25) is 5.96 Å². The summed E-state index contributed by atoms with van der Waals surface area (Å²) in [7, 11) is 1.53. The summed E-state index contributed by atoms with van der Waals surface area (Å²) >= 11 is 1.52. The molecule has 6 nitrogen and oxygen atoms in total. The molecule has 1 amide bonds. The second-order valence-corrected chi connectivity index (χ2v) is 6.66. The molecule has 2 aromatic rings. The van der Waals surface area contributed by atoms with Gasteiger partial charge >= 0.3 is 6.09 Å². The minimum Gasteiger partial charge on any atom is -0.446 e. The van der Waals surface area contributed by atoms with Gasteiger partial charge in [0.25, 0.3) is 0 Å². The lowest BCUT2D eigenvalue weighted by atomic mass is 9.99. The van der Waals surface area contributed by atoms with E-state index in [4.69, 9.17) is 15.7 Å². The number of cyclic esters (lactones) is 1. The van der Waals surface area contributed by atoms with Gasteiger partial charge in [-0.2, -0.15) is 5.26 Å². The third kappa shape index (κ3) is 2.84. The van der Waals surface area contributed by atoms with Gasteiger partial charge in [-0.1, -0.05) is 12.1 Å². The molecule has 1 aromatic carbocycles. The molecule has 24 heavy (non-hydrogen) atoms. The number of rotatable bonds is 2. The largest absolute Gasteiger partial charge is 0.446 e. The molecule has 0 spiro atoms. The molecule has 0 saturated carbocycles. The van der Waals surface area contributed by atoms with Crippen LogP contribution in [-0.2, 0) is 10.3 Å². The van der Waals surface area contributed by atoms with E-state index in [2.05, 4.69) is 11.1 Å². The molecule has 122 valence electrons. The monoisotopic (exact) mass is 340 g/mol. The molecule has 3 rings (SSSR count). The first-order chi connectivity index (χ1) is 11.4. The summed E-state index contributed by atoms with van der Waals surface area (Å²) in [5, 5.41) is 11.0. The van der Waals surface area contributed by atoms with Gasteiger partial charge in [-0.05, 0) is 41.6 Å². The summed E-state index contributed by atoms with van der Waals surface area (Å²) in [6.45, 7) is 2.00. The molecule has 2 N–H and O–H groups in total. The highest BCUT2D eigenvalue weighted by Crippen LogP contribution is 2.36. The lowest BCUT2D eigenvalue weighted by molar-refractivity contribution is 0.113. The number of thiophene rings is 1. The molecule has 7 heteroatoms. The van der Waals surface area contributed by atoms with Gasteiger partial charge in [-0.3, -0.25) is 4.90 Å². The highest BCUT2D eigenvalue weighted by molar-refractivity contribution is 7.10. The second-order valence-electron chi connectivity index (χ2n) is 5.75. The van der Waals surface area contributed by atoms with Crippen molar-refractivity contribution in [3.05, 3.63) is 46.2 Å². The van der Waals surface area contributed by atoms with Crippen molar-refractivity contribution < 1.29 is 9.53 Å². The number of carbonyl (C=O) groups is 1. The molecule has 1 aliphatic rings. The average Bonchev–Trinajstić information content (AvgIpc) is 3.06. The van der Waals surface area contributed by atoms with E-state index in [-0.39, 0.29) is 12.6 Å². The fraction of sp³-hybridized carbons (Fsp3) is 0.235. The van der Waals surface area contributed by atoms with Crippen LogP contribution in [0.15, 0.2) is 40.7 Å². The minimum absolute atomic E-state index is 0.120. The quantitative estimate of drug-likeness (QED) is 0.910. The first-order valence-electron chi connectivity index (χ1n) is 7.28. The van der Waals surface area contributed by atoms with Crippen molar-refractivity contribution in [3.63, 3.8) is 0 Å². The molecule has 0 aliphatic carbocycles. The lowest BCUT2D eigenvalue weighted by Gasteiger charge is -2.21. The predicted octanol–water partition coefficient (Wildman–Crippen LogP) is 2.90. The van der Waals surface area contributed by atoms with Crippen LogP contribution in [0.25, 0.3) is 11.1 Å². The van der Waals surface area contributed by atoms with Crippen LogP contribution in [0.1, 0.15) is 17.4 Å². The summed E-state index contributed by atoms with van der Waals surface area (Å²) in [5.74, 6) is 0.126. The summed E-state index contributed by atoms with van der Waals surface area (Å²) in [6, 6.07) is 11.5. The Hall–Kier alpha value is -2.85. The smallest absolute Gasteiger partial charge is 0.416 e. The van der Waals surface area contributed by atoms with Crippen molar-refractivity contribution >= 4 is 23.4 Å². The van der Waals surface area contributed by atoms with Crippen LogP contribution >= 0.6 is 11.3 Å². The number of ether oxygens (including phenoxy) is 1. The van der Waals surface area contributed by atoms with E-state index < -0.39 is 11.6 Å². The zero-order valence-corrected chi connectivity index (χ0v) is 14.1. The first kappa shape index (κ1) is 16.0. The van der Waals surface area contributed by atoms with Crippen molar-refractivity contribution in [1.82, 2.24) is 4.90 Å². The van der Waals surface area contributed by atoms with Gasteiger partial charge in [-0.15, -0.1) is 11.3 Å². The molecule has 1 aliphatic heterocycles. The molecule has 1 atom stereocenters. The molecule has 1 unspecified atom stereocenters. The number of aliphatic imine (C=N–C) groups is 1. The Bertz CT molecular complexity index is 867. The van der Waals surface area contributed by atoms with Gasteiger partial charge in [0.1, 0.15) is 12.1 Å². The first-order valence-corrected chi connectivity index (χ1v) is 8.16. The maximum atomic E-state index is 11.8. The van der Waals surface area contributed by atoms with E-state index in [1.807, 2.05) is 36.6 Å². The second kappa shape index (κ2) is 5.98. The van der Waals surface area contributed by atoms with Gasteiger partial charge in [0, 0.05) is 11.9 Å². The van der Waals surface area contributed by atoms with Crippen molar-refractivity contribution in [2.24, 2.45) is 10.7 Å². The molecule has 0 bridgehead atoms. The molecule has 0 saturated heterocycles. The Morgan fingerprint density at radius 1 is 1.42 bits per heavy atom. The fourth-order valence-electron chi connectivity index (χ4n) is 2.42. The maximum absolute atomic E-state index is 11.8. The SMILES string of the molecule is CN1C(=O)OCC(C)(c2cc(-c3cccc(C#N)c3)cs2)N=C1N. The predicted molar refractivity (Wildman–Crippen MR) is 92.6 cm³/mol. The Balaban J connectivity index is 1.98. The zero-order chi connectivity index (χ0) is 17.3. The van der Waals surface area contributed by atoms with Crippen LogP contribution in [0.5, 0.6) is 0 Å². The van der Waals surface area contributed by atoms with Crippen LogP contribution < -0.4 is 5.73 Å². The third-order valence-electron chi connectivity index (χ3n) is 3.91. The average molecular weight is 340 g/mol. The van der Waals surface area contributed by atoms with Gasteiger partial charge in [-0.25, -0.2) is 9.79 Å². The third-order valence-corrected chi connectivity index (χ3v) is 5.09. The fourth-order valence-corrected chi connectivity index (χ4v) is 3.43. The van der Waals surface area contributed by atoms with E-state index in [9.17, 15) is 4.79 Å². The number of amides is 1.